The molecule has 1 atom stereocenters. The lowest BCUT2D eigenvalue weighted by molar-refractivity contribution is -0.134. The highest BCUT2D eigenvalue weighted by atomic mass is 35.5. The van der Waals surface area contributed by atoms with Crippen LogP contribution in [0.1, 0.15) is 24.0 Å². The summed E-state index contributed by atoms with van der Waals surface area (Å²) in [7, 11) is -3.87. The van der Waals surface area contributed by atoms with E-state index in [0.29, 0.717) is 25.8 Å². The molecule has 0 radical (unpaired) electrons. The summed E-state index contributed by atoms with van der Waals surface area (Å²) in [6.07, 6.45) is 1.30. The Morgan fingerprint density at radius 2 is 1.59 bits per heavy atom. The molecular formula is C27H26Cl2FN3O3S. The molecule has 1 N–H and O–H groups in total. The molecule has 10 heteroatoms. The maximum atomic E-state index is 13.7. The van der Waals surface area contributed by atoms with Crippen LogP contribution in [0.15, 0.2) is 77.7 Å². The summed E-state index contributed by atoms with van der Waals surface area (Å²) in [5, 5.41) is 3.73. The molecule has 37 heavy (non-hydrogen) atoms. The van der Waals surface area contributed by atoms with Crippen molar-refractivity contribution in [1.29, 1.82) is 0 Å². The first-order valence-corrected chi connectivity index (χ1v) is 14.2. The fraction of sp³-hybridized carbons (Fsp3) is 0.296. The minimum Gasteiger partial charge on any atom is -0.319 e. The fourth-order valence-corrected chi connectivity index (χ4v) is 7.36. The second-order valence-corrected chi connectivity index (χ2v) is 12.1. The summed E-state index contributed by atoms with van der Waals surface area (Å²) < 4.78 is 41.7. The first-order chi connectivity index (χ1) is 17.7. The van der Waals surface area contributed by atoms with Crippen LogP contribution in [0.25, 0.3) is 0 Å². The van der Waals surface area contributed by atoms with Crippen molar-refractivity contribution < 1.29 is 17.6 Å². The molecule has 0 unspecified atom stereocenters. The van der Waals surface area contributed by atoms with Crippen molar-refractivity contribution in [2.75, 3.05) is 13.1 Å². The largest absolute Gasteiger partial charge is 0.319 e. The van der Waals surface area contributed by atoms with E-state index in [4.69, 9.17) is 23.2 Å². The number of nitrogens with zero attached hydrogens (tertiary/aromatic N) is 2. The fourth-order valence-electron chi connectivity index (χ4n) is 5.19. The number of piperidine rings is 1. The van der Waals surface area contributed by atoms with E-state index >= 15 is 0 Å². The van der Waals surface area contributed by atoms with Crippen molar-refractivity contribution in [3.63, 3.8) is 0 Å². The van der Waals surface area contributed by atoms with Gasteiger partial charge in [-0.1, -0.05) is 71.7 Å². The highest BCUT2D eigenvalue weighted by Crippen LogP contribution is 2.38. The molecule has 1 amide bonds. The summed E-state index contributed by atoms with van der Waals surface area (Å²) in [5.74, 6) is -0.396. The second-order valence-electron chi connectivity index (χ2n) is 9.43. The number of carbonyl (C=O) groups excluding carboxylic acids is 1. The molecule has 3 aromatic rings. The van der Waals surface area contributed by atoms with Crippen LogP contribution in [0.4, 0.5) is 4.39 Å². The predicted octanol–water partition coefficient (Wildman–Crippen LogP) is 4.86. The zero-order valence-corrected chi connectivity index (χ0v) is 22.2. The molecule has 2 aliphatic heterocycles. The minimum absolute atomic E-state index is 0.000478. The van der Waals surface area contributed by atoms with E-state index in [9.17, 15) is 17.6 Å². The molecule has 2 fully saturated rings. The number of rotatable bonds is 6. The van der Waals surface area contributed by atoms with Gasteiger partial charge in [-0.3, -0.25) is 10.1 Å². The number of sulfonamides is 1. The highest BCUT2D eigenvalue weighted by Gasteiger charge is 2.52. The van der Waals surface area contributed by atoms with Gasteiger partial charge in [-0.25, -0.2) is 12.8 Å². The highest BCUT2D eigenvalue weighted by molar-refractivity contribution is 7.89. The molecule has 3 aromatic carbocycles. The monoisotopic (exact) mass is 561 g/mol. The Kier molecular flexibility index (Phi) is 7.31. The van der Waals surface area contributed by atoms with E-state index in [1.54, 1.807) is 29.2 Å². The van der Waals surface area contributed by atoms with Gasteiger partial charge in [0.2, 0.25) is 15.9 Å². The Hall–Kier alpha value is -2.49. The third-order valence-electron chi connectivity index (χ3n) is 7.14. The van der Waals surface area contributed by atoms with Crippen LogP contribution in [-0.4, -0.2) is 48.3 Å². The normalized spacial score (nSPS) is 20.0. The molecule has 1 spiro atoms. The Balaban J connectivity index is 1.40. The number of benzene rings is 3. The molecule has 2 aliphatic rings. The quantitative estimate of drug-likeness (QED) is 0.466. The number of nitrogens with one attached hydrogen (secondary N) is 1. The van der Waals surface area contributed by atoms with Gasteiger partial charge < -0.3 is 4.90 Å². The molecule has 2 saturated heterocycles. The van der Waals surface area contributed by atoms with E-state index in [1.807, 2.05) is 30.3 Å². The average molecular weight is 562 g/mol. The summed E-state index contributed by atoms with van der Waals surface area (Å²) in [5.41, 5.74) is 1.11. The molecule has 194 valence electrons. The van der Waals surface area contributed by atoms with Crippen LogP contribution in [-0.2, 0) is 27.8 Å². The van der Waals surface area contributed by atoms with E-state index in [0.717, 1.165) is 11.1 Å². The van der Waals surface area contributed by atoms with Crippen molar-refractivity contribution in [1.82, 2.24) is 14.5 Å². The third-order valence-corrected chi connectivity index (χ3v) is 10.0. The minimum atomic E-state index is -3.87. The van der Waals surface area contributed by atoms with Gasteiger partial charge in [0, 0.05) is 19.6 Å². The lowest BCUT2D eigenvalue weighted by atomic mass is 9.96. The van der Waals surface area contributed by atoms with Gasteiger partial charge in [0.25, 0.3) is 0 Å². The number of halogens is 3. The maximum Gasteiger partial charge on any atom is 0.244 e. The first-order valence-electron chi connectivity index (χ1n) is 12.0. The summed E-state index contributed by atoms with van der Waals surface area (Å²) in [4.78, 5) is 15.4. The molecule has 6 nitrogen and oxygen atoms in total. The summed E-state index contributed by atoms with van der Waals surface area (Å²) in [6, 6.07) is 19.9. The van der Waals surface area contributed by atoms with Gasteiger partial charge in [-0.15, -0.1) is 0 Å². The second kappa shape index (κ2) is 10.3. The van der Waals surface area contributed by atoms with Crippen molar-refractivity contribution in [3.8, 4) is 0 Å². The topological polar surface area (TPSA) is 69.7 Å². The van der Waals surface area contributed by atoms with Crippen LogP contribution in [0.5, 0.6) is 0 Å². The number of amides is 1. The van der Waals surface area contributed by atoms with Crippen molar-refractivity contribution in [3.05, 3.63) is 99.8 Å². The van der Waals surface area contributed by atoms with Gasteiger partial charge in [0.15, 0.2) is 0 Å². The smallest absolute Gasteiger partial charge is 0.244 e. The molecule has 0 aromatic heterocycles. The number of hydrogen-bond acceptors (Lipinski definition) is 4. The van der Waals surface area contributed by atoms with E-state index in [-0.39, 0.29) is 39.8 Å². The lowest BCUT2D eigenvalue weighted by Gasteiger charge is -2.44. The molecule has 5 rings (SSSR count). The molecule has 2 heterocycles. The molecule has 0 saturated carbocycles. The van der Waals surface area contributed by atoms with Crippen molar-refractivity contribution in [2.24, 2.45) is 0 Å². The Labute approximate surface area is 226 Å². The Bertz CT molecular complexity index is 1400. The zero-order chi connectivity index (χ0) is 26.2. The number of carbonyl (C=O) groups is 1. The van der Waals surface area contributed by atoms with Gasteiger partial charge in [0.1, 0.15) is 10.7 Å². The van der Waals surface area contributed by atoms with Crippen molar-refractivity contribution >= 4 is 39.1 Å². The van der Waals surface area contributed by atoms with Gasteiger partial charge in [-0.05, 0) is 54.7 Å². The van der Waals surface area contributed by atoms with E-state index in [2.05, 4.69) is 5.32 Å². The standard InChI is InChI=1S/C27H26Cl2FN3O3S/c28-22-7-4-8-24(25(22)29)37(35,36)32-15-13-27(14-16-32)31-23(17-19-5-2-1-3-6-19)26(34)33(27)18-20-9-11-21(30)12-10-20/h1-12,23,31H,13-18H2/t23-/m0/s1. The summed E-state index contributed by atoms with van der Waals surface area (Å²) in [6.45, 7) is 0.692. The van der Waals surface area contributed by atoms with Crippen LogP contribution < -0.4 is 5.32 Å². The van der Waals surface area contributed by atoms with E-state index in [1.165, 1.54) is 22.5 Å². The Morgan fingerprint density at radius 3 is 2.27 bits per heavy atom. The lowest BCUT2D eigenvalue weighted by Crippen LogP contribution is -2.59. The maximum absolute atomic E-state index is 13.7. The van der Waals surface area contributed by atoms with Crippen LogP contribution >= 0.6 is 23.2 Å². The average Bonchev–Trinajstić information content (AvgIpc) is 3.13. The molecular weight excluding hydrogens is 536 g/mol. The van der Waals surface area contributed by atoms with Crippen LogP contribution in [0, 0.1) is 5.82 Å². The predicted molar refractivity (Wildman–Crippen MR) is 141 cm³/mol. The summed E-state index contributed by atoms with van der Waals surface area (Å²) >= 11 is 12.3. The number of hydrogen-bond donors (Lipinski definition) is 1. The molecule has 0 bridgehead atoms. The first kappa shape index (κ1) is 26.1. The van der Waals surface area contributed by atoms with Crippen LogP contribution in [0.3, 0.4) is 0 Å². The Morgan fingerprint density at radius 1 is 0.919 bits per heavy atom. The van der Waals surface area contributed by atoms with E-state index < -0.39 is 21.7 Å². The van der Waals surface area contributed by atoms with Crippen molar-refractivity contribution in [2.45, 2.75) is 42.4 Å². The van der Waals surface area contributed by atoms with Gasteiger partial charge in [-0.2, -0.15) is 4.31 Å². The zero-order valence-electron chi connectivity index (χ0n) is 19.9. The van der Waals surface area contributed by atoms with Gasteiger partial charge >= 0.3 is 0 Å². The molecule has 0 aliphatic carbocycles. The van der Waals surface area contributed by atoms with Crippen LogP contribution in [0.2, 0.25) is 10.0 Å². The SMILES string of the molecule is O=C1[C@H](Cc2ccccc2)NC2(CCN(S(=O)(=O)c3cccc(Cl)c3Cl)CC2)N1Cc1ccc(F)cc1. The van der Waals surface area contributed by atoms with Gasteiger partial charge in [0.05, 0.1) is 21.7 Å². The third kappa shape index (κ3) is 5.13.